The minimum Gasteiger partial charge on any atom is -0.454 e. The second-order valence-corrected chi connectivity index (χ2v) is 6.15. The van der Waals surface area contributed by atoms with E-state index >= 15 is 0 Å². The van der Waals surface area contributed by atoms with Gasteiger partial charge in [-0.15, -0.1) is 10.2 Å². The number of nitrogens with zero attached hydrogens (tertiary/aromatic N) is 2. The summed E-state index contributed by atoms with van der Waals surface area (Å²) in [6, 6.07) is 13.6. The van der Waals surface area contributed by atoms with Gasteiger partial charge >= 0.3 is 5.97 Å². The number of carbonyl (C=O) groups excluding carboxylic acids is 2. The molecular weight excluding hydrogens is 393 g/mol. The lowest BCUT2D eigenvalue weighted by Crippen LogP contribution is -2.30. The summed E-state index contributed by atoms with van der Waals surface area (Å²) in [6.07, 6.45) is 0. The topological polar surface area (TPSA) is 94.3 Å². The Morgan fingerprint density at radius 2 is 1.81 bits per heavy atom. The van der Waals surface area contributed by atoms with Crippen molar-refractivity contribution in [1.82, 2.24) is 15.5 Å². The van der Waals surface area contributed by atoms with E-state index in [0.717, 1.165) is 5.56 Å². The SMILES string of the molecule is O=C(CNC(=O)c1ccc(Cl)c(Cl)c1)OCc1nnc(-c2ccccc2)o1. The predicted octanol–water partition coefficient (Wildman–Crippen LogP) is 3.52. The van der Waals surface area contributed by atoms with E-state index in [0.29, 0.717) is 10.9 Å². The number of ether oxygens (including phenoxy) is 1. The van der Waals surface area contributed by atoms with Crippen molar-refractivity contribution >= 4 is 35.1 Å². The molecule has 1 N–H and O–H groups in total. The molecule has 1 aromatic heterocycles. The van der Waals surface area contributed by atoms with Crippen LogP contribution in [0.2, 0.25) is 10.0 Å². The smallest absolute Gasteiger partial charge is 0.325 e. The van der Waals surface area contributed by atoms with Gasteiger partial charge in [-0.1, -0.05) is 41.4 Å². The highest BCUT2D eigenvalue weighted by Gasteiger charge is 2.13. The Bertz CT molecular complexity index is 960. The fourth-order valence-electron chi connectivity index (χ4n) is 2.09. The highest BCUT2D eigenvalue weighted by atomic mass is 35.5. The van der Waals surface area contributed by atoms with E-state index in [2.05, 4.69) is 15.5 Å². The molecule has 0 spiro atoms. The van der Waals surface area contributed by atoms with Crippen molar-refractivity contribution in [3.05, 3.63) is 70.0 Å². The van der Waals surface area contributed by atoms with Crippen molar-refractivity contribution in [2.24, 2.45) is 0 Å². The summed E-state index contributed by atoms with van der Waals surface area (Å²) in [5, 5.41) is 10.7. The Morgan fingerprint density at radius 3 is 2.56 bits per heavy atom. The standard InChI is InChI=1S/C18H13Cl2N3O4/c19-13-7-6-12(8-14(13)20)17(25)21-9-16(24)26-10-15-22-23-18(27-15)11-4-2-1-3-5-11/h1-8H,9-10H2,(H,21,25). The summed E-state index contributed by atoms with van der Waals surface area (Å²) in [7, 11) is 0. The van der Waals surface area contributed by atoms with Gasteiger partial charge in [-0.3, -0.25) is 9.59 Å². The second kappa shape index (κ2) is 8.66. The summed E-state index contributed by atoms with van der Waals surface area (Å²) in [5.41, 5.74) is 1.04. The molecule has 0 aliphatic rings. The number of benzene rings is 2. The molecule has 0 fully saturated rings. The van der Waals surface area contributed by atoms with E-state index in [1.54, 1.807) is 0 Å². The zero-order valence-corrected chi connectivity index (χ0v) is 15.3. The normalized spacial score (nSPS) is 10.4. The van der Waals surface area contributed by atoms with Gasteiger partial charge in [-0.25, -0.2) is 0 Å². The number of aromatic nitrogens is 2. The molecule has 27 heavy (non-hydrogen) atoms. The highest BCUT2D eigenvalue weighted by molar-refractivity contribution is 6.42. The molecule has 0 aliphatic carbocycles. The zero-order chi connectivity index (χ0) is 19.2. The van der Waals surface area contributed by atoms with Crippen molar-refractivity contribution in [3.63, 3.8) is 0 Å². The van der Waals surface area contributed by atoms with Crippen LogP contribution in [0.4, 0.5) is 0 Å². The molecule has 2 aromatic carbocycles. The summed E-state index contributed by atoms with van der Waals surface area (Å²) >= 11 is 11.7. The van der Waals surface area contributed by atoms with Gasteiger partial charge in [0, 0.05) is 11.1 Å². The highest BCUT2D eigenvalue weighted by Crippen LogP contribution is 2.22. The third-order valence-corrected chi connectivity index (χ3v) is 4.16. The van der Waals surface area contributed by atoms with Crippen LogP contribution in [0, 0.1) is 0 Å². The summed E-state index contributed by atoms with van der Waals surface area (Å²) < 4.78 is 10.4. The maximum atomic E-state index is 12.0. The van der Waals surface area contributed by atoms with Crippen LogP contribution in [-0.4, -0.2) is 28.6 Å². The Labute approximate surface area is 164 Å². The average Bonchev–Trinajstić information content (AvgIpc) is 3.16. The molecule has 0 atom stereocenters. The van der Waals surface area contributed by atoms with Crippen LogP contribution in [0.5, 0.6) is 0 Å². The fraction of sp³-hybridized carbons (Fsp3) is 0.111. The van der Waals surface area contributed by atoms with Gasteiger partial charge in [0.25, 0.3) is 11.8 Å². The van der Waals surface area contributed by atoms with Crippen LogP contribution in [0.3, 0.4) is 0 Å². The Balaban J connectivity index is 1.48. The first-order chi connectivity index (χ1) is 13.0. The van der Waals surface area contributed by atoms with Crippen LogP contribution < -0.4 is 5.32 Å². The van der Waals surface area contributed by atoms with E-state index in [1.807, 2.05) is 30.3 Å². The first-order valence-electron chi connectivity index (χ1n) is 7.79. The van der Waals surface area contributed by atoms with Crippen molar-refractivity contribution in [2.75, 3.05) is 6.54 Å². The van der Waals surface area contributed by atoms with Crippen molar-refractivity contribution in [1.29, 1.82) is 0 Å². The summed E-state index contributed by atoms with van der Waals surface area (Å²) in [4.78, 5) is 23.8. The van der Waals surface area contributed by atoms with E-state index in [4.69, 9.17) is 32.4 Å². The minimum atomic E-state index is -0.650. The first-order valence-corrected chi connectivity index (χ1v) is 8.55. The molecule has 1 heterocycles. The molecule has 3 rings (SSSR count). The van der Waals surface area contributed by atoms with Gasteiger partial charge in [-0.05, 0) is 30.3 Å². The monoisotopic (exact) mass is 405 g/mol. The number of halogens is 2. The number of rotatable bonds is 6. The third kappa shape index (κ3) is 5.06. The number of amides is 1. The lowest BCUT2D eigenvalue weighted by molar-refractivity contribution is -0.144. The van der Waals surface area contributed by atoms with Crippen LogP contribution in [0.25, 0.3) is 11.5 Å². The molecule has 138 valence electrons. The molecule has 0 bridgehead atoms. The zero-order valence-electron chi connectivity index (χ0n) is 13.8. The van der Waals surface area contributed by atoms with Gasteiger partial charge in [0.05, 0.1) is 10.0 Å². The van der Waals surface area contributed by atoms with Gasteiger partial charge < -0.3 is 14.5 Å². The van der Waals surface area contributed by atoms with E-state index < -0.39 is 11.9 Å². The maximum Gasteiger partial charge on any atom is 0.325 e. The van der Waals surface area contributed by atoms with Crippen LogP contribution >= 0.6 is 23.2 Å². The fourth-order valence-corrected chi connectivity index (χ4v) is 2.39. The number of carbonyl (C=O) groups is 2. The number of nitrogens with one attached hydrogen (secondary N) is 1. The largest absolute Gasteiger partial charge is 0.454 e. The Hall–Kier alpha value is -2.90. The Morgan fingerprint density at radius 1 is 1.04 bits per heavy atom. The Kier molecular flexibility index (Phi) is 6.05. The molecule has 0 radical (unpaired) electrons. The van der Waals surface area contributed by atoms with Gasteiger partial charge in [0.2, 0.25) is 5.89 Å². The summed E-state index contributed by atoms with van der Waals surface area (Å²) in [6.45, 7) is -0.514. The predicted molar refractivity (Wildman–Crippen MR) is 98.3 cm³/mol. The van der Waals surface area contributed by atoms with Gasteiger partial charge in [-0.2, -0.15) is 0 Å². The van der Waals surface area contributed by atoms with E-state index in [9.17, 15) is 9.59 Å². The summed E-state index contributed by atoms with van der Waals surface area (Å²) in [5.74, 6) is -0.648. The van der Waals surface area contributed by atoms with Crippen molar-refractivity contribution in [2.45, 2.75) is 6.61 Å². The molecule has 9 heteroatoms. The maximum absolute atomic E-state index is 12.0. The molecule has 0 aliphatic heterocycles. The van der Waals surface area contributed by atoms with Gasteiger partial charge in [0.1, 0.15) is 6.54 Å². The quantitative estimate of drug-likeness (QED) is 0.630. The lowest BCUT2D eigenvalue weighted by atomic mass is 10.2. The number of hydrogen-bond acceptors (Lipinski definition) is 6. The van der Waals surface area contributed by atoms with Crippen molar-refractivity contribution < 1.29 is 18.7 Å². The number of esters is 1. The van der Waals surface area contributed by atoms with E-state index in [-0.39, 0.29) is 29.6 Å². The molecule has 1 amide bonds. The minimum absolute atomic E-state index is 0.151. The van der Waals surface area contributed by atoms with Crippen LogP contribution in [0.1, 0.15) is 16.2 Å². The third-order valence-electron chi connectivity index (χ3n) is 3.42. The first kappa shape index (κ1) is 18.9. The second-order valence-electron chi connectivity index (χ2n) is 5.34. The molecular formula is C18H13Cl2N3O4. The number of hydrogen-bond donors (Lipinski definition) is 1. The molecule has 0 saturated carbocycles. The molecule has 0 unspecified atom stereocenters. The molecule has 7 nitrogen and oxygen atoms in total. The lowest BCUT2D eigenvalue weighted by Gasteiger charge is -2.06. The van der Waals surface area contributed by atoms with Crippen LogP contribution in [-0.2, 0) is 16.1 Å². The molecule has 0 saturated heterocycles. The van der Waals surface area contributed by atoms with Crippen LogP contribution in [0.15, 0.2) is 52.9 Å². The average molecular weight is 406 g/mol. The van der Waals surface area contributed by atoms with E-state index in [1.165, 1.54) is 18.2 Å². The van der Waals surface area contributed by atoms with Crippen molar-refractivity contribution in [3.8, 4) is 11.5 Å². The van der Waals surface area contributed by atoms with Gasteiger partial charge in [0.15, 0.2) is 6.61 Å². The molecule has 3 aromatic rings.